The van der Waals surface area contributed by atoms with Crippen molar-refractivity contribution in [3.63, 3.8) is 0 Å². The molecule has 0 bridgehead atoms. The van der Waals surface area contributed by atoms with E-state index in [1.807, 2.05) is 6.92 Å². The Balaban J connectivity index is 3.16. The SMILES string of the molecule is CNS(=O)(=O)Nc1cc(C)cc(C)c1O. The molecule has 0 spiro atoms. The van der Waals surface area contributed by atoms with Crippen LogP contribution in [0.3, 0.4) is 0 Å². The molecule has 84 valence electrons. The van der Waals surface area contributed by atoms with Crippen molar-refractivity contribution in [2.45, 2.75) is 13.8 Å². The average Bonchev–Trinajstić information content (AvgIpc) is 2.13. The molecule has 0 aliphatic heterocycles. The second kappa shape index (κ2) is 4.08. The van der Waals surface area contributed by atoms with Crippen molar-refractivity contribution < 1.29 is 13.5 Å². The van der Waals surface area contributed by atoms with Gasteiger partial charge in [-0.05, 0) is 31.0 Å². The summed E-state index contributed by atoms with van der Waals surface area (Å²) in [5.74, 6) is -0.0561. The van der Waals surface area contributed by atoms with Crippen molar-refractivity contribution in [2.24, 2.45) is 0 Å². The second-order valence-corrected chi connectivity index (χ2v) is 4.91. The van der Waals surface area contributed by atoms with E-state index in [0.29, 0.717) is 5.56 Å². The van der Waals surface area contributed by atoms with Crippen molar-refractivity contribution in [3.05, 3.63) is 23.3 Å². The largest absolute Gasteiger partial charge is 0.505 e. The number of aromatic hydroxyl groups is 1. The van der Waals surface area contributed by atoms with Crippen molar-refractivity contribution in [1.82, 2.24) is 4.72 Å². The third-order valence-electron chi connectivity index (χ3n) is 1.96. The number of hydrogen-bond acceptors (Lipinski definition) is 3. The fraction of sp³-hybridized carbons (Fsp3) is 0.333. The Hall–Kier alpha value is -1.27. The predicted molar refractivity (Wildman–Crippen MR) is 59.2 cm³/mol. The molecule has 0 aromatic heterocycles. The fourth-order valence-corrected chi connectivity index (χ4v) is 1.78. The summed E-state index contributed by atoms with van der Waals surface area (Å²) in [5, 5.41) is 9.63. The topological polar surface area (TPSA) is 78.4 Å². The minimum Gasteiger partial charge on any atom is -0.505 e. The molecule has 6 heteroatoms. The number of anilines is 1. The zero-order valence-corrected chi connectivity index (χ0v) is 9.64. The van der Waals surface area contributed by atoms with Crippen LogP contribution in [0.5, 0.6) is 5.75 Å². The van der Waals surface area contributed by atoms with Crippen molar-refractivity contribution in [3.8, 4) is 5.75 Å². The number of hydrogen-bond donors (Lipinski definition) is 3. The van der Waals surface area contributed by atoms with E-state index in [-0.39, 0.29) is 11.4 Å². The van der Waals surface area contributed by atoms with Gasteiger partial charge in [0.15, 0.2) is 0 Å². The summed E-state index contributed by atoms with van der Waals surface area (Å²) in [6.45, 7) is 3.53. The highest BCUT2D eigenvalue weighted by atomic mass is 32.2. The van der Waals surface area contributed by atoms with Gasteiger partial charge in [0.25, 0.3) is 10.2 Å². The van der Waals surface area contributed by atoms with Crippen LogP contribution in [0.25, 0.3) is 0 Å². The van der Waals surface area contributed by atoms with Gasteiger partial charge in [0, 0.05) is 7.05 Å². The third-order valence-corrected chi connectivity index (χ3v) is 2.98. The molecular formula is C9H14N2O3S. The van der Waals surface area contributed by atoms with Crippen molar-refractivity contribution >= 4 is 15.9 Å². The van der Waals surface area contributed by atoms with E-state index in [1.165, 1.54) is 7.05 Å². The Kier molecular flexibility index (Phi) is 3.21. The van der Waals surface area contributed by atoms with Crippen LogP contribution in [0.4, 0.5) is 5.69 Å². The quantitative estimate of drug-likeness (QED) is 0.675. The summed E-state index contributed by atoms with van der Waals surface area (Å²) in [5.41, 5.74) is 1.68. The molecule has 0 heterocycles. The molecule has 5 nitrogen and oxygen atoms in total. The van der Waals surface area contributed by atoms with Crippen molar-refractivity contribution in [2.75, 3.05) is 11.8 Å². The minimum absolute atomic E-state index is 0.0561. The number of aryl methyl sites for hydroxylation is 2. The van der Waals surface area contributed by atoms with E-state index in [0.717, 1.165) is 5.56 Å². The Morgan fingerprint density at radius 2 is 1.87 bits per heavy atom. The molecule has 3 N–H and O–H groups in total. The second-order valence-electron chi connectivity index (χ2n) is 3.29. The normalized spacial score (nSPS) is 11.4. The van der Waals surface area contributed by atoms with Crippen LogP contribution in [0.1, 0.15) is 11.1 Å². The smallest absolute Gasteiger partial charge is 0.298 e. The molecule has 0 saturated carbocycles. The van der Waals surface area contributed by atoms with Gasteiger partial charge in [0.2, 0.25) is 0 Å². The Morgan fingerprint density at radius 3 is 2.40 bits per heavy atom. The molecule has 0 radical (unpaired) electrons. The average molecular weight is 230 g/mol. The number of phenolic OH excluding ortho intramolecular Hbond substituents is 1. The van der Waals surface area contributed by atoms with Crippen LogP contribution in [0.15, 0.2) is 12.1 Å². The highest BCUT2D eigenvalue weighted by Gasteiger charge is 2.11. The lowest BCUT2D eigenvalue weighted by Gasteiger charge is -2.11. The van der Waals surface area contributed by atoms with Crippen LogP contribution >= 0.6 is 0 Å². The van der Waals surface area contributed by atoms with Gasteiger partial charge in [-0.25, -0.2) is 4.72 Å². The molecule has 15 heavy (non-hydrogen) atoms. The van der Waals surface area contributed by atoms with E-state index < -0.39 is 10.2 Å². The van der Waals surface area contributed by atoms with Gasteiger partial charge >= 0.3 is 0 Å². The standard InChI is InChI=1S/C9H14N2O3S/c1-6-4-7(2)9(12)8(5-6)11-15(13,14)10-3/h4-5,10-12H,1-3H3. The summed E-state index contributed by atoms with van der Waals surface area (Å²) >= 11 is 0. The molecule has 0 aliphatic rings. The number of phenols is 1. The van der Waals surface area contributed by atoms with Crippen LogP contribution in [0.2, 0.25) is 0 Å². The highest BCUT2D eigenvalue weighted by molar-refractivity contribution is 7.90. The van der Waals surface area contributed by atoms with E-state index >= 15 is 0 Å². The van der Waals surface area contributed by atoms with Gasteiger partial charge in [-0.2, -0.15) is 8.42 Å². The molecule has 1 aromatic rings. The molecule has 1 aromatic carbocycles. The molecule has 0 saturated heterocycles. The minimum atomic E-state index is -3.59. The van der Waals surface area contributed by atoms with Crippen molar-refractivity contribution in [1.29, 1.82) is 0 Å². The van der Waals surface area contributed by atoms with Crippen LogP contribution < -0.4 is 9.44 Å². The summed E-state index contributed by atoms with van der Waals surface area (Å²) in [4.78, 5) is 0. The Labute approximate surface area is 89.3 Å². The third kappa shape index (κ3) is 2.84. The van der Waals surface area contributed by atoms with Crippen LogP contribution in [0, 0.1) is 13.8 Å². The first-order chi connectivity index (χ1) is 6.85. The first-order valence-corrected chi connectivity index (χ1v) is 5.85. The van der Waals surface area contributed by atoms with E-state index in [4.69, 9.17) is 0 Å². The lowest BCUT2D eigenvalue weighted by molar-refractivity contribution is 0.473. The molecular weight excluding hydrogens is 216 g/mol. The number of nitrogens with one attached hydrogen (secondary N) is 2. The number of benzene rings is 1. The summed E-state index contributed by atoms with van der Waals surface area (Å²) in [6, 6.07) is 3.34. The van der Waals surface area contributed by atoms with Gasteiger partial charge < -0.3 is 5.11 Å². The van der Waals surface area contributed by atoms with Gasteiger partial charge in [-0.1, -0.05) is 6.07 Å². The monoisotopic (exact) mass is 230 g/mol. The van der Waals surface area contributed by atoms with Crippen LogP contribution in [-0.2, 0) is 10.2 Å². The Bertz CT molecular complexity index is 468. The first-order valence-electron chi connectivity index (χ1n) is 4.37. The van der Waals surface area contributed by atoms with E-state index in [1.54, 1.807) is 19.1 Å². The lowest BCUT2D eigenvalue weighted by Crippen LogP contribution is -2.26. The zero-order chi connectivity index (χ0) is 11.6. The van der Waals surface area contributed by atoms with Gasteiger partial charge in [0.1, 0.15) is 5.75 Å². The number of rotatable bonds is 3. The molecule has 0 fully saturated rings. The fourth-order valence-electron chi connectivity index (χ4n) is 1.23. The molecule has 0 unspecified atom stereocenters. The maximum absolute atomic E-state index is 11.2. The van der Waals surface area contributed by atoms with Gasteiger partial charge in [-0.15, -0.1) is 0 Å². The highest BCUT2D eigenvalue weighted by Crippen LogP contribution is 2.28. The zero-order valence-electron chi connectivity index (χ0n) is 8.83. The summed E-state index contributed by atoms with van der Waals surface area (Å²) in [7, 11) is -2.29. The van der Waals surface area contributed by atoms with E-state index in [2.05, 4.69) is 9.44 Å². The molecule has 0 amide bonds. The van der Waals surface area contributed by atoms with Gasteiger partial charge in [0.05, 0.1) is 5.69 Å². The lowest BCUT2D eigenvalue weighted by atomic mass is 10.1. The summed E-state index contributed by atoms with van der Waals surface area (Å²) < 4.78 is 26.8. The predicted octanol–water partition coefficient (Wildman–Crippen LogP) is 0.885. The molecule has 0 atom stereocenters. The Morgan fingerprint density at radius 1 is 1.27 bits per heavy atom. The molecule has 1 rings (SSSR count). The van der Waals surface area contributed by atoms with Gasteiger partial charge in [-0.3, -0.25) is 4.72 Å². The summed E-state index contributed by atoms with van der Waals surface area (Å²) in [6.07, 6.45) is 0. The first kappa shape index (κ1) is 11.8. The maximum Gasteiger partial charge on any atom is 0.298 e. The van der Waals surface area contributed by atoms with E-state index in [9.17, 15) is 13.5 Å². The van der Waals surface area contributed by atoms with Crippen LogP contribution in [-0.4, -0.2) is 20.6 Å². The molecule has 0 aliphatic carbocycles. The maximum atomic E-state index is 11.2.